The maximum Gasteiger partial charge on any atom is 0.171 e. The average Bonchev–Trinajstić information content (AvgIpc) is 2.42. The molecule has 0 aromatic heterocycles. The topological polar surface area (TPSA) is 29.5 Å². The van der Waals surface area contributed by atoms with E-state index in [1.165, 1.54) is 0 Å². The molecule has 0 aromatic rings. The van der Waals surface area contributed by atoms with E-state index in [0.29, 0.717) is 11.3 Å². The largest absolute Gasteiger partial charge is 0.361 e. The first-order valence-electron chi connectivity index (χ1n) is 7.25. The molecule has 2 fully saturated rings. The van der Waals surface area contributed by atoms with Gasteiger partial charge in [0.15, 0.2) is 5.78 Å². The predicted molar refractivity (Wildman–Crippen MR) is 80.7 cm³/mol. The first kappa shape index (κ1) is 15.3. The van der Waals surface area contributed by atoms with Gasteiger partial charge in [-0.25, -0.2) is 0 Å². The fourth-order valence-electron chi connectivity index (χ4n) is 3.30. The van der Waals surface area contributed by atoms with Crippen molar-refractivity contribution >= 4 is 17.5 Å². The molecule has 3 atom stereocenters. The normalized spacial score (nSPS) is 38.6. The number of hydrogen-bond acceptors (Lipinski definition) is 4. The molecular formula is C15H27NO2S. The number of ketones is 1. The molecule has 110 valence electrons. The number of Topliss-reactive ketones (excluding diaryl/α,β-unsaturated/α-hetero) is 1. The summed E-state index contributed by atoms with van der Waals surface area (Å²) in [6, 6.07) is 0.533. The maximum atomic E-state index is 12.5. The van der Waals surface area contributed by atoms with Crippen LogP contribution in [0.4, 0.5) is 0 Å². The summed E-state index contributed by atoms with van der Waals surface area (Å²) in [5.74, 6) is 1.41. The number of carbonyl (C=O) groups excluding carboxylic acids is 1. The van der Waals surface area contributed by atoms with Crippen LogP contribution in [0, 0.1) is 5.92 Å². The highest BCUT2D eigenvalue weighted by Gasteiger charge is 2.53. The van der Waals surface area contributed by atoms with E-state index in [1.807, 2.05) is 25.6 Å². The highest BCUT2D eigenvalue weighted by atomic mass is 32.2. The van der Waals surface area contributed by atoms with E-state index in [0.717, 1.165) is 18.8 Å². The lowest BCUT2D eigenvalue weighted by Crippen LogP contribution is -2.50. The summed E-state index contributed by atoms with van der Waals surface area (Å²) in [6.07, 6.45) is 0. The summed E-state index contributed by atoms with van der Waals surface area (Å²) in [4.78, 5) is 15.0. The molecule has 0 bridgehead atoms. The van der Waals surface area contributed by atoms with Crippen LogP contribution in [0.3, 0.4) is 0 Å². The Morgan fingerprint density at radius 2 is 1.95 bits per heavy atom. The summed E-state index contributed by atoms with van der Waals surface area (Å²) < 4.78 is 5.98. The molecule has 2 heterocycles. The highest BCUT2D eigenvalue weighted by molar-refractivity contribution is 8.00. The molecule has 2 saturated heterocycles. The number of nitrogens with zero attached hydrogens (tertiary/aromatic N) is 1. The third-order valence-electron chi connectivity index (χ3n) is 4.70. The monoisotopic (exact) mass is 285 g/mol. The molecule has 0 radical (unpaired) electrons. The van der Waals surface area contributed by atoms with Crippen molar-refractivity contribution in [2.24, 2.45) is 5.92 Å². The van der Waals surface area contributed by atoms with Crippen molar-refractivity contribution in [1.82, 2.24) is 4.90 Å². The first-order chi connectivity index (χ1) is 8.65. The van der Waals surface area contributed by atoms with Crippen LogP contribution in [0.25, 0.3) is 0 Å². The van der Waals surface area contributed by atoms with Crippen molar-refractivity contribution < 1.29 is 9.53 Å². The molecule has 2 aliphatic heterocycles. The van der Waals surface area contributed by atoms with Crippen molar-refractivity contribution in [2.45, 2.75) is 64.0 Å². The molecule has 4 heteroatoms. The van der Waals surface area contributed by atoms with E-state index in [4.69, 9.17) is 4.74 Å². The zero-order valence-electron chi connectivity index (χ0n) is 13.0. The maximum absolute atomic E-state index is 12.5. The Morgan fingerprint density at radius 1 is 1.32 bits per heavy atom. The number of thioether (sulfide) groups is 1. The van der Waals surface area contributed by atoms with Crippen LogP contribution < -0.4 is 0 Å². The van der Waals surface area contributed by atoms with Crippen LogP contribution in [0.15, 0.2) is 0 Å². The van der Waals surface area contributed by atoms with E-state index in [9.17, 15) is 4.79 Å². The van der Waals surface area contributed by atoms with Crippen molar-refractivity contribution in [3.05, 3.63) is 0 Å². The minimum Gasteiger partial charge on any atom is -0.361 e. The SMILES string of the molecule is CC1SCCN(CC2C(=O)C(C)(C)OC2(C)C)C1C. The zero-order valence-corrected chi connectivity index (χ0v) is 13.8. The standard InChI is InChI=1S/C15H27NO2S/c1-10-11(2)19-8-7-16(10)9-12-13(17)15(5,6)18-14(12,3)4/h10-12H,7-9H2,1-6H3. The van der Waals surface area contributed by atoms with Crippen LogP contribution in [0.2, 0.25) is 0 Å². The Labute approximate surface area is 121 Å². The lowest BCUT2D eigenvalue weighted by molar-refractivity contribution is -0.132. The summed E-state index contributed by atoms with van der Waals surface area (Å²) >= 11 is 2.03. The van der Waals surface area contributed by atoms with Gasteiger partial charge in [0.1, 0.15) is 5.60 Å². The molecular weight excluding hydrogens is 258 g/mol. The molecule has 3 nitrogen and oxygen atoms in total. The van der Waals surface area contributed by atoms with Gasteiger partial charge in [-0.05, 0) is 34.6 Å². The second-order valence-corrected chi connectivity index (χ2v) is 8.43. The molecule has 0 aromatic carbocycles. The highest BCUT2D eigenvalue weighted by Crippen LogP contribution is 2.40. The van der Waals surface area contributed by atoms with Gasteiger partial charge in [0.05, 0.1) is 11.5 Å². The lowest BCUT2D eigenvalue weighted by Gasteiger charge is -2.40. The molecule has 0 N–H and O–H groups in total. The number of hydrogen-bond donors (Lipinski definition) is 0. The molecule has 0 amide bonds. The third-order valence-corrected chi connectivity index (χ3v) is 6.04. The zero-order chi connectivity index (χ0) is 14.4. The minimum atomic E-state index is -0.631. The van der Waals surface area contributed by atoms with Gasteiger partial charge < -0.3 is 4.74 Å². The van der Waals surface area contributed by atoms with Crippen molar-refractivity contribution in [2.75, 3.05) is 18.8 Å². The van der Waals surface area contributed by atoms with Gasteiger partial charge in [0.2, 0.25) is 0 Å². The van der Waals surface area contributed by atoms with Crippen LogP contribution in [-0.4, -0.2) is 52.0 Å². The predicted octanol–water partition coefficient (Wildman–Crippen LogP) is 2.58. The first-order valence-corrected chi connectivity index (χ1v) is 8.30. The average molecular weight is 285 g/mol. The number of carbonyl (C=O) groups is 1. The van der Waals surface area contributed by atoms with Gasteiger partial charge in [0, 0.05) is 30.1 Å². The van der Waals surface area contributed by atoms with Crippen LogP contribution in [-0.2, 0) is 9.53 Å². The Morgan fingerprint density at radius 3 is 2.47 bits per heavy atom. The second kappa shape index (κ2) is 5.05. The number of ether oxygens (including phenoxy) is 1. The minimum absolute atomic E-state index is 0.0137. The smallest absolute Gasteiger partial charge is 0.171 e. The van der Waals surface area contributed by atoms with E-state index in [-0.39, 0.29) is 17.3 Å². The van der Waals surface area contributed by atoms with Crippen molar-refractivity contribution in [1.29, 1.82) is 0 Å². The molecule has 3 unspecified atom stereocenters. The molecule has 0 saturated carbocycles. The van der Waals surface area contributed by atoms with Gasteiger partial charge in [0.25, 0.3) is 0 Å². The Balaban J connectivity index is 2.12. The van der Waals surface area contributed by atoms with Gasteiger partial charge >= 0.3 is 0 Å². The summed E-state index contributed by atoms with van der Waals surface area (Å²) in [7, 11) is 0. The van der Waals surface area contributed by atoms with E-state index in [2.05, 4.69) is 32.6 Å². The Hall–Kier alpha value is -0.0600. The third kappa shape index (κ3) is 2.86. The van der Waals surface area contributed by atoms with E-state index >= 15 is 0 Å². The molecule has 0 spiro atoms. The molecule has 0 aliphatic carbocycles. The van der Waals surface area contributed by atoms with Crippen LogP contribution in [0.1, 0.15) is 41.5 Å². The molecule has 2 rings (SSSR count). The van der Waals surface area contributed by atoms with Gasteiger partial charge in [-0.1, -0.05) is 6.92 Å². The van der Waals surface area contributed by atoms with Gasteiger partial charge in [-0.15, -0.1) is 0 Å². The summed E-state index contributed by atoms with van der Waals surface area (Å²) in [6.45, 7) is 14.4. The van der Waals surface area contributed by atoms with Crippen LogP contribution >= 0.6 is 11.8 Å². The quantitative estimate of drug-likeness (QED) is 0.780. The summed E-state index contributed by atoms with van der Waals surface area (Å²) in [5.41, 5.74) is -0.984. The molecule has 2 aliphatic rings. The van der Waals surface area contributed by atoms with Gasteiger partial charge in [-0.3, -0.25) is 9.69 Å². The Bertz CT molecular complexity index is 367. The second-order valence-electron chi connectivity index (χ2n) is 6.94. The summed E-state index contributed by atoms with van der Waals surface area (Å²) in [5, 5.41) is 0.641. The van der Waals surface area contributed by atoms with Crippen molar-refractivity contribution in [3.63, 3.8) is 0 Å². The fraction of sp³-hybridized carbons (Fsp3) is 0.933. The van der Waals surface area contributed by atoms with E-state index < -0.39 is 5.60 Å². The van der Waals surface area contributed by atoms with Gasteiger partial charge in [-0.2, -0.15) is 11.8 Å². The fourth-order valence-corrected chi connectivity index (χ4v) is 4.47. The lowest BCUT2D eigenvalue weighted by atomic mass is 9.85. The molecule has 19 heavy (non-hydrogen) atoms. The van der Waals surface area contributed by atoms with Crippen molar-refractivity contribution in [3.8, 4) is 0 Å². The van der Waals surface area contributed by atoms with Crippen LogP contribution in [0.5, 0.6) is 0 Å². The number of rotatable bonds is 2. The Kier molecular flexibility index (Phi) is 4.07. The van der Waals surface area contributed by atoms with E-state index in [1.54, 1.807) is 0 Å².